The van der Waals surface area contributed by atoms with Gasteiger partial charge in [0.2, 0.25) is 5.96 Å². The summed E-state index contributed by atoms with van der Waals surface area (Å²) in [5.41, 5.74) is 9.10. The molecular weight excluding hydrogens is 273 g/mol. The van der Waals surface area contributed by atoms with Crippen LogP contribution in [0.25, 0.3) is 0 Å². The average molecular weight is 281 g/mol. The van der Waals surface area contributed by atoms with E-state index >= 15 is 0 Å². The lowest BCUT2D eigenvalue weighted by molar-refractivity contribution is -0.137. The van der Waals surface area contributed by atoms with Crippen LogP contribution in [-0.2, 0) is 6.18 Å². The Hall–Kier alpha value is -1.96. The molecule has 98 valence electrons. The van der Waals surface area contributed by atoms with Gasteiger partial charge in [-0.15, -0.1) is 0 Å². The first-order valence-electron chi connectivity index (χ1n) is 4.47. The van der Waals surface area contributed by atoms with Crippen LogP contribution < -0.4 is 16.8 Å². The van der Waals surface area contributed by atoms with Gasteiger partial charge in [-0.05, 0) is 18.2 Å². The van der Waals surface area contributed by atoms with Crippen LogP contribution in [0.4, 0.5) is 23.7 Å². The fraction of sp³-hybridized carbons (Fsp3) is 0.111. The Balaban J connectivity index is 3.02. The molecule has 0 heterocycles. The van der Waals surface area contributed by atoms with Gasteiger partial charge in [0.25, 0.3) is 0 Å². The van der Waals surface area contributed by atoms with Crippen molar-refractivity contribution in [3.8, 4) is 0 Å². The number of alkyl halides is 3. The second-order valence-electron chi connectivity index (χ2n) is 3.15. The van der Waals surface area contributed by atoms with E-state index < -0.39 is 22.8 Å². The second kappa shape index (κ2) is 5.13. The number of hydrogen-bond acceptors (Lipinski definition) is 2. The number of guanidine groups is 1. The number of rotatable bonds is 1. The van der Waals surface area contributed by atoms with Gasteiger partial charge in [0.15, 0.2) is 0 Å². The van der Waals surface area contributed by atoms with Crippen molar-refractivity contribution in [1.82, 2.24) is 5.32 Å². The first-order chi connectivity index (χ1) is 8.20. The van der Waals surface area contributed by atoms with Gasteiger partial charge in [-0.25, -0.2) is 9.79 Å². The number of carbonyl (C=O) groups excluding carboxylic acids is 1. The maximum Gasteiger partial charge on any atom is 0.417 e. The van der Waals surface area contributed by atoms with Crippen molar-refractivity contribution in [3.63, 3.8) is 0 Å². The van der Waals surface area contributed by atoms with Crippen LogP contribution in [-0.4, -0.2) is 12.0 Å². The molecule has 18 heavy (non-hydrogen) atoms. The third kappa shape index (κ3) is 3.81. The molecule has 0 aliphatic rings. The van der Waals surface area contributed by atoms with E-state index in [0.29, 0.717) is 0 Å². The largest absolute Gasteiger partial charge is 0.417 e. The van der Waals surface area contributed by atoms with E-state index in [1.165, 1.54) is 0 Å². The zero-order valence-corrected chi connectivity index (χ0v) is 9.51. The standard InChI is InChI=1S/C9H8ClF3N4O/c10-6-3-4(16-7(14)17-8(15)18)1-2-5(6)9(11,12)13/h1-3H,(H5,14,15,16,17,18). The van der Waals surface area contributed by atoms with Gasteiger partial charge in [0.05, 0.1) is 16.3 Å². The van der Waals surface area contributed by atoms with E-state index in [4.69, 9.17) is 23.1 Å². The highest BCUT2D eigenvalue weighted by Crippen LogP contribution is 2.36. The van der Waals surface area contributed by atoms with Crippen LogP contribution in [0.3, 0.4) is 0 Å². The molecule has 0 aliphatic carbocycles. The van der Waals surface area contributed by atoms with E-state index in [0.717, 1.165) is 18.2 Å². The molecule has 0 atom stereocenters. The van der Waals surface area contributed by atoms with Crippen LogP contribution in [0, 0.1) is 0 Å². The number of carbonyl (C=O) groups is 1. The smallest absolute Gasteiger partial charge is 0.369 e. The summed E-state index contributed by atoms with van der Waals surface area (Å²) in [5.74, 6) is -0.349. The second-order valence-corrected chi connectivity index (χ2v) is 3.56. The minimum absolute atomic E-state index is 0.0549. The molecule has 0 saturated heterocycles. The summed E-state index contributed by atoms with van der Waals surface area (Å²) >= 11 is 5.46. The van der Waals surface area contributed by atoms with Gasteiger partial charge in [0.1, 0.15) is 0 Å². The van der Waals surface area contributed by atoms with Gasteiger partial charge in [0, 0.05) is 0 Å². The Labute approximate surface area is 105 Å². The number of nitrogens with one attached hydrogen (secondary N) is 1. The maximum atomic E-state index is 12.4. The molecular formula is C9H8ClF3N4O. The molecule has 0 aromatic heterocycles. The Kier molecular flexibility index (Phi) is 4.02. The lowest BCUT2D eigenvalue weighted by atomic mass is 10.2. The molecule has 1 rings (SSSR count). The minimum Gasteiger partial charge on any atom is -0.369 e. The number of halogens is 4. The molecule has 0 unspecified atom stereocenters. The first-order valence-corrected chi connectivity index (χ1v) is 4.85. The van der Waals surface area contributed by atoms with Crippen molar-refractivity contribution < 1.29 is 18.0 Å². The van der Waals surface area contributed by atoms with Crippen LogP contribution in [0.5, 0.6) is 0 Å². The van der Waals surface area contributed by atoms with Crippen LogP contribution in [0.15, 0.2) is 23.2 Å². The van der Waals surface area contributed by atoms with Crippen molar-refractivity contribution in [2.45, 2.75) is 6.18 Å². The minimum atomic E-state index is -4.55. The number of nitrogens with zero attached hydrogens (tertiary/aromatic N) is 1. The summed E-state index contributed by atoms with van der Waals surface area (Å²) in [6.07, 6.45) is -4.55. The number of amides is 2. The third-order valence-electron chi connectivity index (χ3n) is 1.76. The Morgan fingerprint density at radius 2 is 1.94 bits per heavy atom. The summed E-state index contributed by atoms with van der Waals surface area (Å²) in [6, 6.07) is 1.86. The van der Waals surface area contributed by atoms with Crippen LogP contribution >= 0.6 is 11.6 Å². The summed E-state index contributed by atoms with van der Waals surface area (Å²) in [4.78, 5) is 14.0. The van der Waals surface area contributed by atoms with E-state index in [1.807, 2.05) is 5.32 Å². The van der Waals surface area contributed by atoms with Gasteiger partial charge < -0.3 is 11.5 Å². The highest BCUT2D eigenvalue weighted by atomic mass is 35.5. The fourth-order valence-electron chi connectivity index (χ4n) is 1.10. The van der Waals surface area contributed by atoms with Crippen molar-refractivity contribution in [3.05, 3.63) is 28.8 Å². The molecule has 0 bridgehead atoms. The van der Waals surface area contributed by atoms with Crippen LogP contribution in [0.1, 0.15) is 5.56 Å². The number of primary amides is 1. The van der Waals surface area contributed by atoms with Crippen molar-refractivity contribution in [2.24, 2.45) is 16.5 Å². The first kappa shape index (κ1) is 14.1. The monoisotopic (exact) mass is 280 g/mol. The van der Waals surface area contributed by atoms with Gasteiger partial charge >= 0.3 is 12.2 Å². The zero-order valence-electron chi connectivity index (χ0n) is 8.75. The van der Waals surface area contributed by atoms with Gasteiger partial charge in [-0.1, -0.05) is 11.6 Å². The summed E-state index contributed by atoms with van der Waals surface area (Å²) < 4.78 is 37.2. The molecule has 5 N–H and O–H groups in total. The number of aliphatic imine (C=N–C) groups is 1. The highest BCUT2D eigenvalue weighted by Gasteiger charge is 2.32. The Bertz CT molecular complexity index is 501. The number of hydrogen-bond donors (Lipinski definition) is 3. The van der Waals surface area contributed by atoms with E-state index in [1.54, 1.807) is 0 Å². The Morgan fingerprint density at radius 1 is 1.33 bits per heavy atom. The number of urea groups is 1. The summed E-state index contributed by atoms with van der Waals surface area (Å²) in [5, 5.41) is 1.44. The lowest BCUT2D eigenvalue weighted by Crippen LogP contribution is -2.39. The number of nitrogens with two attached hydrogens (primary N) is 2. The average Bonchev–Trinajstić information content (AvgIpc) is 2.13. The molecule has 2 amide bonds. The molecule has 1 aromatic rings. The van der Waals surface area contributed by atoms with Gasteiger partial charge in [-0.2, -0.15) is 13.2 Å². The molecule has 9 heteroatoms. The zero-order chi connectivity index (χ0) is 13.9. The van der Waals surface area contributed by atoms with E-state index in [9.17, 15) is 18.0 Å². The maximum absolute atomic E-state index is 12.4. The summed E-state index contributed by atoms with van der Waals surface area (Å²) in [6.45, 7) is 0. The van der Waals surface area contributed by atoms with Crippen molar-refractivity contribution in [2.75, 3.05) is 0 Å². The SMILES string of the molecule is NC(=O)NC(N)=Nc1ccc(C(F)(F)F)c(Cl)c1. The highest BCUT2D eigenvalue weighted by molar-refractivity contribution is 6.31. The molecule has 0 radical (unpaired) electrons. The third-order valence-corrected chi connectivity index (χ3v) is 2.07. The fourth-order valence-corrected chi connectivity index (χ4v) is 1.38. The Morgan fingerprint density at radius 3 is 2.39 bits per heavy atom. The number of benzene rings is 1. The van der Waals surface area contributed by atoms with E-state index in [2.05, 4.69) is 4.99 Å². The summed E-state index contributed by atoms with van der Waals surface area (Å²) in [7, 11) is 0. The quantitative estimate of drug-likeness (QED) is 0.542. The van der Waals surface area contributed by atoms with Crippen molar-refractivity contribution in [1.29, 1.82) is 0 Å². The predicted molar refractivity (Wildman–Crippen MR) is 60.5 cm³/mol. The molecule has 0 aliphatic heterocycles. The molecule has 1 aromatic carbocycles. The molecule has 0 spiro atoms. The normalized spacial score (nSPS) is 12.3. The van der Waals surface area contributed by atoms with Crippen molar-refractivity contribution >= 4 is 29.3 Å². The topological polar surface area (TPSA) is 93.5 Å². The molecule has 5 nitrogen and oxygen atoms in total. The lowest BCUT2D eigenvalue weighted by Gasteiger charge is -2.09. The van der Waals surface area contributed by atoms with E-state index in [-0.39, 0.29) is 11.6 Å². The van der Waals surface area contributed by atoms with Crippen LogP contribution in [0.2, 0.25) is 5.02 Å². The predicted octanol–water partition coefficient (Wildman–Crippen LogP) is 1.97. The van der Waals surface area contributed by atoms with Gasteiger partial charge in [-0.3, -0.25) is 5.32 Å². The molecule has 0 saturated carbocycles. The molecule has 0 fully saturated rings.